The van der Waals surface area contributed by atoms with E-state index in [1.54, 1.807) is 6.20 Å². The summed E-state index contributed by atoms with van der Waals surface area (Å²) in [5, 5.41) is 12.1. The van der Waals surface area contributed by atoms with E-state index in [0.717, 1.165) is 31.0 Å². The van der Waals surface area contributed by atoms with Crippen LogP contribution in [0.3, 0.4) is 0 Å². The van der Waals surface area contributed by atoms with Crippen molar-refractivity contribution in [1.82, 2.24) is 14.9 Å². The van der Waals surface area contributed by atoms with Gasteiger partial charge in [0.1, 0.15) is 5.82 Å². The van der Waals surface area contributed by atoms with Crippen molar-refractivity contribution in [3.05, 3.63) is 53.6 Å². The summed E-state index contributed by atoms with van der Waals surface area (Å²) in [5.74, 6) is 1.01. The monoisotopic (exact) mass is 240 g/mol. The summed E-state index contributed by atoms with van der Waals surface area (Å²) in [7, 11) is 0. The highest BCUT2D eigenvalue weighted by Gasteiger charge is 2.03. The number of imidazole rings is 1. The maximum absolute atomic E-state index is 8.88. The van der Waals surface area contributed by atoms with E-state index in [2.05, 4.69) is 27.9 Å². The second-order valence-electron chi connectivity index (χ2n) is 4.06. The Bertz CT molecular complexity index is 551. The van der Waals surface area contributed by atoms with Gasteiger partial charge >= 0.3 is 0 Å². The van der Waals surface area contributed by atoms with Gasteiger partial charge in [0.15, 0.2) is 0 Å². The van der Waals surface area contributed by atoms with Gasteiger partial charge in [-0.3, -0.25) is 0 Å². The molecule has 0 amide bonds. The third-order valence-corrected chi connectivity index (χ3v) is 2.74. The lowest BCUT2D eigenvalue weighted by atomic mass is 10.1. The summed E-state index contributed by atoms with van der Waals surface area (Å²) in [5.41, 5.74) is 1.81. The van der Waals surface area contributed by atoms with Crippen LogP contribution in [0.15, 0.2) is 36.7 Å². The van der Waals surface area contributed by atoms with Gasteiger partial charge in [-0.05, 0) is 24.2 Å². The highest BCUT2D eigenvalue weighted by Crippen LogP contribution is 2.08. The average molecular weight is 240 g/mol. The van der Waals surface area contributed by atoms with Gasteiger partial charge in [-0.15, -0.1) is 0 Å². The molecular formula is C14H16N4. The van der Waals surface area contributed by atoms with Crippen LogP contribution in [0.2, 0.25) is 0 Å². The summed E-state index contributed by atoms with van der Waals surface area (Å²) in [6.07, 6.45) is 3.77. The van der Waals surface area contributed by atoms with E-state index in [9.17, 15) is 0 Å². The Morgan fingerprint density at radius 3 is 3.11 bits per heavy atom. The molecule has 2 rings (SSSR count). The van der Waals surface area contributed by atoms with Crippen molar-refractivity contribution >= 4 is 0 Å². The minimum Gasteiger partial charge on any atom is -0.329 e. The smallest absolute Gasteiger partial charge is 0.122 e. The number of nitriles is 1. The van der Waals surface area contributed by atoms with E-state index in [1.165, 1.54) is 0 Å². The predicted molar refractivity (Wildman–Crippen MR) is 69.9 cm³/mol. The van der Waals surface area contributed by atoms with E-state index in [1.807, 2.05) is 30.5 Å². The molecule has 4 heteroatoms. The second-order valence-corrected chi connectivity index (χ2v) is 4.06. The summed E-state index contributed by atoms with van der Waals surface area (Å²) >= 11 is 0. The third kappa shape index (κ3) is 2.96. The minimum atomic E-state index is 0.695. The van der Waals surface area contributed by atoms with Crippen LogP contribution < -0.4 is 5.32 Å². The van der Waals surface area contributed by atoms with Gasteiger partial charge in [-0.1, -0.05) is 19.1 Å². The topological polar surface area (TPSA) is 53.6 Å². The molecular weight excluding hydrogens is 224 g/mol. The van der Waals surface area contributed by atoms with Crippen molar-refractivity contribution in [3.8, 4) is 6.07 Å². The van der Waals surface area contributed by atoms with Crippen molar-refractivity contribution in [3.63, 3.8) is 0 Å². The number of aromatic nitrogens is 2. The quantitative estimate of drug-likeness (QED) is 0.868. The Labute approximate surface area is 107 Å². The number of nitrogens with one attached hydrogen (secondary N) is 1. The first-order chi connectivity index (χ1) is 8.83. The Kier molecular flexibility index (Phi) is 4.11. The highest BCUT2D eigenvalue weighted by molar-refractivity contribution is 5.32. The van der Waals surface area contributed by atoms with Crippen LogP contribution in [0.1, 0.15) is 23.9 Å². The standard InChI is InChI=1S/C14H16N4/c1-2-16-10-14-17-6-7-18(14)11-13-5-3-4-12(8-13)9-15/h3-8,16H,2,10-11H2,1H3. The molecule has 4 nitrogen and oxygen atoms in total. The summed E-state index contributed by atoms with van der Waals surface area (Å²) in [6, 6.07) is 9.83. The molecule has 0 fully saturated rings. The molecule has 0 aliphatic heterocycles. The fourth-order valence-corrected chi connectivity index (χ4v) is 1.82. The number of benzene rings is 1. The molecule has 0 unspecified atom stereocenters. The molecule has 0 bridgehead atoms. The number of hydrogen-bond acceptors (Lipinski definition) is 3. The van der Waals surface area contributed by atoms with Gasteiger partial charge in [0, 0.05) is 18.9 Å². The SMILES string of the molecule is CCNCc1nccn1Cc1cccc(C#N)c1. The fraction of sp³-hybridized carbons (Fsp3) is 0.286. The first-order valence-electron chi connectivity index (χ1n) is 6.03. The molecule has 1 aromatic carbocycles. The number of rotatable bonds is 5. The molecule has 1 aromatic heterocycles. The van der Waals surface area contributed by atoms with Crippen LogP contribution in [0.25, 0.3) is 0 Å². The zero-order chi connectivity index (χ0) is 12.8. The van der Waals surface area contributed by atoms with Crippen LogP contribution >= 0.6 is 0 Å². The van der Waals surface area contributed by atoms with Gasteiger partial charge in [-0.2, -0.15) is 5.26 Å². The van der Waals surface area contributed by atoms with Crippen molar-refractivity contribution in [1.29, 1.82) is 5.26 Å². The molecule has 0 aliphatic carbocycles. The molecule has 0 spiro atoms. The lowest BCUT2D eigenvalue weighted by Crippen LogP contribution is -2.16. The van der Waals surface area contributed by atoms with Crippen LogP contribution in [-0.2, 0) is 13.1 Å². The molecule has 18 heavy (non-hydrogen) atoms. The molecule has 0 aliphatic rings. The first-order valence-corrected chi connectivity index (χ1v) is 6.03. The van der Waals surface area contributed by atoms with E-state index >= 15 is 0 Å². The van der Waals surface area contributed by atoms with Crippen molar-refractivity contribution in [2.75, 3.05) is 6.54 Å². The minimum absolute atomic E-state index is 0.695. The van der Waals surface area contributed by atoms with Crippen LogP contribution in [0, 0.1) is 11.3 Å². The van der Waals surface area contributed by atoms with Gasteiger partial charge < -0.3 is 9.88 Å². The summed E-state index contributed by atoms with van der Waals surface area (Å²) < 4.78 is 2.10. The predicted octanol–water partition coefficient (Wildman–Crippen LogP) is 1.91. The molecule has 0 radical (unpaired) electrons. The average Bonchev–Trinajstić information content (AvgIpc) is 2.84. The Morgan fingerprint density at radius 2 is 2.33 bits per heavy atom. The van der Waals surface area contributed by atoms with Crippen LogP contribution in [-0.4, -0.2) is 16.1 Å². The Balaban J connectivity index is 2.13. The van der Waals surface area contributed by atoms with E-state index < -0.39 is 0 Å². The van der Waals surface area contributed by atoms with Crippen molar-refractivity contribution in [2.45, 2.75) is 20.0 Å². The van der Waals surface area contributed by atoms with E-state index in [0.29, 0.717) is 5.56 Å². The zero-order valence-corrected chi connectivity index (χ0v) is 10.4. The van der Waals surface area contributed by atoms with Crippen LogP contribution in [0.5, 0.6) is 0 Å². The first kappa shape index (κ1) is 12.3. The fourth-order valence-electron chi connectivity index (χ4n) is 1.82. The summed E-state index contributed by atoms with van der Waals surface area (Å²) in [4.78, 5) is 4.33. The molecule has 1 N–H and O–H groups in total. The van der Waals surface area contributed by atoms with Gasteiger partial charge in [0.2, 0.25) is 0 Å². The normalized spacial score (nSPS) is 10.2. The third-order valence-electron chi connectivity index (χ3n) is 2.74. The highest BCUT2D eigenvalue weighted by atomic mass is 15.1. The lowest BCUT2D eigenvalue weighted by Gasteiger charge is -2.08. The van der Waals surface area contributed by atoms with Gasteiger partial charge in [0.25, 0.3) is 0 Å². The van der Waals surface area contributed by atoms with Gasteiger partial charge in [-0.25, -0.2) is 4.98 Å². The van der Waals surface area contributed by atoms with Gasteiger partial charge in [0.05, 0.1) is 18.2 Å². The molecule has 1 heterocycles. The largest absolute Gasteiger partial charge is 0.329 e. The molecule has 2 aromatic rings. The second kappa shape index (κ2) is 5.99. The van der Waals surface area contributed by atoms with E-state index in [-0.39, 0.29) is 0 Å². The van der Waals surface area contributed by atoms with Crippen molar-refractivity contribution in [2.24, 2.45) is 0 Å². The van der Waals surface area contributed by atoms with Crippen LogP contribution in [0.4, 0.5) is 0 Å². The Morgan fingerprint density at radius 1 is 1.44 bits per heavy atom. The molecule has 0 saturated carbocycles. The Hall–Kier alpha value is -2.12. The molecule has 0 saturated heterocycles. The maximum Gasteiger partial charge on any atom is 0.122 e. The number of nitrogens with zero attached hydrogens (tertiary/aromatic N) is 3. The van der Waals surface area contributed by atoms with E-state index in [4.69, 9.17) is 5.26 Å². The number of hydrogen-bond donors (Lipinski definition) is 1. The lowest BCUT2D eigenvalue weighted by molar-refractivity contribution is 0.639. The van der Waals surface area contributed by atoms with Crippen molar-refractivity contribution < 1.29 is 0 Å². The maximum atomic E-state index is 8.88. The molecule has 92 valence electrons. The zero-order valence-electron chi connectivity index (χ0n) is 10.4. The molecule has 0 atom stereocenters. The summed E-state index contributed by atoms with van der Waals surface area (Å²) in [6.45, 7) is 4.51.